The van der Waals surface area contributed by atoms with E-state index in [4.69, 9.17) is 0 Å². The van der Waals surface area contributed by atoms with Gasteiger partial charge < -0.3 is 5.11 Å². The van der Waals surface area contributed by atoms with Crippen molar-refractivity contribution >= 4 is 5.78 Å². The normalized spacial score (nSPS) is 12.8. The van der Waals surface area contributed by atoms with Crippen LogP contribution in [0.4, 0.5) is 4.39 Å². The summed E-state index contributed by atoms with van der Waals surface area (Å²) in [6.45, 7) is 3.85. The van der Waals surface area contributed by atoms with Crippen molar-refractivity contribution in [2.24, 2.45) is 5.92 Å². The number of carbonyl (C=O) groups is 1. The number of halogens is 1. The molecule has 0 radical (unpaired) electrons. The second-order valence-corrected chi connectivity index (χ2v) is 3.90. The summed E-state index contributed by atoms with van der Waals surface area (Å²) >= 11 is 0. The summed E-state index contributed by atoms with van der Waals surface area (Å²) in [6, 6.07) is 5.44. The summed E-state index contributed by atoms with van der Waals surface area (Å²) < 4.78 is 12.9. The van der Waals surface area contributed by atoms with Crippen molar-refractivity contribution in [2.75, 3.05) is 0 Å². The number of hydrogen-bond donors (Lipinski definition) is 1. The number of ketones is 1. The van der Waals surface area contributed by atoms with Crippen LogP contribution in [0.25, 0.3) is 0 Å². The van der Waals surface area contributed by atoms with Gasteiger partial charge in [0.1, 0.15) is 11.9 Å². The van der Waals surface area contributed by atoms with Crippen LogP contribution in [0.5, 0.6) is 0 Å². The van der Waals surface area contributed by atoms with E-state index in [0.717, 1.165) is 18.9 Å². The van der Waals surface area contributed by atoms with Gasteiger partial charge in [-0.1, -0.05) is 38.8 Å². The molecule has 1 atom stereocenters. The fourth-order valence-electron chi connectivity index (χ4n) is 1.76. The zero-order chi connectivity index (χ0) is 12.1. The van der Waals surface area contributed by atoms with Gasteiger partial charge in [-0.05, 0) is 18.1 Å². The van der Waals surface area contributed by atoms with Crippen LogP contribution in [0.2, 0.25) is 0 Å². The molecule has 0 aliphatic rings. The lowest BCUT2D eigenvalue weighted by molar-refractivity contribution is 0.0587. The lowest BCUT2D eigenvalue weighted by Gasteiger charge is -2.18. The van der Waals surface area contributed by atoms with Gasteiger partial charge in [0.15, 0.2) is 5.78 Å². The van der Waals surface area contributed by atoms with Crippen molar-refractivity contribution in [3.05, 3.63) is 35.6 Å². The summed E-state index contributed by atoms with van der Waals surface area (Å²) in [4.78, 5) is 11.8. The molecule has 0 saturated carbocycles. The standard InChI is InChI=1S/C13H17FO2/c1-3-9(4-2)12(15)13(16)10-6-5-7-11(14)8-10/h5-9,12,15H,3-4H2,1-2H3. The topological polar surface area (TPSA) is 37.3 Å². The molecule has 0 aliphatic carbocycles. The molecule has 88 valence electrons. The summed E-state index contributed by atoms with van der Waals surface area (Å²) in [7, 11) is 0. The molecule has 1 rings (SSSR count). The Kier molecular flexibility index (Phi) is 4.62. The van der Waals surface area contributed by atoms with Gasteiger partial charge in [-0.3, -0.25) is 4.79 Å². The van der Waals surface area contributed by atoms with Crippen molar-refractivity contribution < 1.29 is 14.3 Å². The SMILES string of the molecule is CCC(CC)C(O)C(=O)c1cccc(F)c1. The number of aliphatic hydroxyl groups excluding tert-OH is 1. The van der Waals surface area contributed by atoms with E-state index < -0.39 is 17.7 Å². The van der Waals surface area contributed by atoms with Crippen molar-refractivity contribution in [3.63, 3.8) is 0 Å². The lowest BCUT2D eigenvalue weighted by atomic mass is 9.91. The van der Waals surface area contributed by atoms with Crippen LogP contribution in [0.3, 0.4) is 0 Å². The van der Waals surface area contributed by atoms with Crippen molar-refractivity contribution in [1.82, 2.24) is 0 Å². The largest absolute Gasteiger partial charge is 0.385 e. The van der Waals surface area contributed by atoms with E-state index >= 15 is 0 Å². The Hall–Kier alpha value is -1.22. The highest BCUT2D eigenvalue weighted by Gasteiger charge is 2.24. The van der Waals surface area contributed by atoms with Gasteiger partial charge >= 0.3 is 0 Å². The van der Waals surface area contributed by atoms with E-state index in [1.165, 1.54) is 18.2 Å². The van der Waals surface area contributed by atoms with Crippen LogP contribution >= 0.6 is 0 Å². The molecule has 0 bridgehead atoms. The van der Waals surface area contributed by atoms with Gasteiger partial charge in [-0.2, -0.15) is 0 Å². The van der Waals surface area contributed by atoms with Gasteiger partial charge in [0.25, 0.3) is 0 Å². The van der Waals surface area contributed by atoms with Crippen molar-refractivity contribution in [2.45, 2.75) is 32.8 Å². The van der Waals surface area contributed by atoms with Crippen LogP contribution in [0.15, 0.2) is 24.3 Å². The van der Waals surface area contributed by atoms with Crippen LogP contribution in [-0.4, -0.2) is 17.0 Å². The summed E-state index contributed by atoms with van der Waals surface area (Å²) in [6.07, 6.45) is 0.439. The van der Waals surface area contributed by atoms with E-state index in [2.05, 4.69) is 0 Å². The fraction of sp³-hybridized carbons (Fsp3) is 0.462. The van der Waals surface area contributed by atoms with Gasteiger partial charge in [0, 0.05) is 5.56 Å². The predicted octanol–water partition coefficient (Wildman–Crippen LogP) is 2.81. The number of benzene rings is 1. The Morgan fingerprint density at radius 2 is 2.00 bits per heavy atom. The highest BCUT2D eigenvalue weighted by molar-refractivity contribution is 5.99. The number of Topliss-reactive ketones (excluding diaryl/α,β-unsaturated/α-hetero) is 1. The van der Waals surface area contributed by atoms with E-state index in [0.29, 0.717) is 0 Å². The predicted molar refractivity (Wildman–Crippen MR) is 60.8 cm³/mol. The maximum Gasteiger partial charge on any atom is 0.191 e. The molecule has 0 heterocycles. The van der Waals surface area contributed by atoms with Crippen LogP contribution in [0.1, 0.15) is 37.0 Å². The average molecular weight is 224 g/mol. The molecule has 0 saturated heterocycles. The summed E-state index contributed by atoms with van der Waals surface area (Å²) in [5, 5.41) is 9.85. The quantitative estimate of drug-likeness (QED) is 0.781. The number of carbonyl (C=O) groups excluding carboxylic acids is 1. The molecule has 2 nitrogen and oxygen atoms in total. The second kappa shape index (κ2) is 5.75. The Balaban J connectivity index is 2.85. The molecule has 0 spiro atoms. The first-order chi connectivity index (χ1) is 7.60. The molecule has 0 aliphatic heterocycles. The highest BCUT2D eigenvalue weighted by Crippen LogP contribution is 2.17. The molecular weight excluding hydrogens is 207 g/mol. The van der Waals surface area contributed by atoms with E-state index in [1.807, 2.05) is 13.8 Å². The third kappa shape index (κ3) is 2.89. The molecule has 1 unspecified atom stereocenters. The Labute approximate surface area is 95.1 Å². The molecule has 0 amide bonds. The zero-order valence-electron chi connectivity index (χ0n) is 9.61. The average Bonchev–Trinajstić information content (AvgIpc) is 2.29. The Morgan fingerprint density at radius 3 is 2.50 bits per heavy atom. The number of rotatable bonds is 5. The van der Waals surface area contributed by atoms with Crippen LogP contribution in [-0.2, 0) is 0 Å². The maximum atomic E-state index is 12.9. The number of hydrogen-bond acceptors (Lipinski definition) is 2. The molecule has 16 heavy (non-hydrogen) atoms. The molecular formula is C13H17FO2. The number of aliphatic hydroxyl groups is 1. The third-order valence-electron chi connectivity index (χ3n) is 2.87. The minimum Gasteiger partial charge on any atom is -0.385 e. The fourth-order valence-corrected chi connectivity index (χ4v) is 1.76. The maximum absolute atomic E-state index is 12.9. The Bertz CT molecular complexity index is 359. The van der Waals surface area contributed by atoms with Crippen molar-refractivity contribution in [1.29, 1.82) is 0 Å². The lowest BCUT2D eigenvalue weighted by Crippen LogP contribution is -2.29. The molecule has 0 aromatic heterocycles. The van der Waals surface area contributed by atoms with Gasteiger partial charge in [-0.25, -0.2) is 4.39 Å². The van der Waals surface area contributed by atoms with Gasteiger partial charge in [0.05, 0.1) is 0 Å². The summed E-state index contributed by atoms with van der Waals surface area (Å²) in [5.41, 5.74) is 0.236. The molecule has 0 fully saturated rings. The second-order valence-electron chi connectivity index (χ2n) is 3.90. The molecule has 1 aromatic rings. The minimum absolute atomic E-state index is 0.0595. The zero-order valence-corrected chi connectivity index (χ0v) is 9.61. The highest BCUT2D eigenvalue weighted by atomic mass is 19.1. The first kappa shape index (κ1) is 12.8. The Morgan fingerprint density at radius 1 is 1.38 bits per heavy atom. The monoisotopic (exact) mass is 224 g/mol. The molecule has 3 heteroatoms. The van der Waals surface area contributed by atoms with Crippen molar-refractivity contribution in [3.8, 4) is 0 Å². The van der Waals surface area contributed by atoms with Gasteiger partial charge in [-0.15, -0.1) is 0 Å². The van der Waals surface area contributed by atoms with E-state index in [1.54, 1.807) is 0 Å². The first-order valence-electron chi connectivity index (χ1n) is 5.58. The molecule has 1 aromatic carbocycles. The smallest absolute Gasteiger partial charge is 0.191 e. The van der Waals surface area contributed by atoms with Crippen LogP contribution in [0, 0.1) is 11.7 Å². The van der Waals surface area contributed by atoms with Crippen LogP contribution < -0.4 is 0 Å². The minimum atomic E-state index is -1.03. The first-order valence-corrected chi connectivity index (χ1v) is 5.58. The summed E-state index contributed by atoms with van der Waals surface area (Å²) in [5.74, 6) is -0.911. The van der Waals surface area contributed by atoms with E-state index in [9.17, 15) is 14.3 Å². The van der Waals surface area contributed by atoms with Gasteiger partial charge in [0.2, 0.25) is 0 Å². The molecule has 1 N–H and O–H groups in total. The van der Waals surface area contributed by atoms with E-state index in [-0.39, 0.29) is 11.5 Å². The third-order valence-corrected chi connectivity index (χ3v) is 2.87.